The summed E-state index contributed by atoms with van der Waals surface area (Å²) in [5.74, 6) is 0.964. The molecule has 0 aliphatic carbocycles. The van der Waals surface area contributed by atoms with Crippen LogP contribution < -0.4 is 15.4 Å². The van der Waals surface area contributed by atoms with Gasteiger partial charge in [0.05, 0.1) is 13.2 Å². The first-order valence-electron chi connectivity index (χ1n) is 7.58. The SMILES string of the molecule is CC1COCCN1c1cc(N2CCCCC2)[nH]c(=O)c1. The number of ether oxygens (including phenoxy) is 1. The van der Waals surface area contributed by atoms with Gasteiger partial charge >= 0.3 is 0 Å². The maximum Gasteiger partial charge on any atom is 0.251 e. The topological polar surface area (TPSA) is 48.6 Å². The van der Waals surface area contributed by atoms with Crippen LogP contribution >= 0.6 is 0 Å². The first kappa shape index (κ1) is 13.5. The highest BCUT2D eigenvalue weighted by atomic mass is 16.5. The molecule has 0 amide bonds. The van der Waals surface area contributed by atoms with E-state index in [0.717, 1.165) is 44.4 Å². The van der Waals surface area contributed by atoms with E-state index in [1.807, 2.05) is 0 Å². The Morgan fingerprint density at radius 3 is 2.75 bits per heavy atom. The normalized spacial score (nSPS) is 23.9. The molecule has 1 aromatic rings. The van der Waals surface area contributed by atoms with Gasteiger partial charge in [0.1, 0.15) is 5.82 Å². The highest BCUT2D eigenvalue weighted by Gasteiger charge is 2.21. The zero-order valence-corrected chi connectivity index (χ0v) is 12.1. The summed E-state index contributed by atoms with van der Waals surface area (Å²) >= 11 is 0. The fraction of sp³-hybridized carbons (Fsp3) is 0.667. The maximum absolute atomic E-state index is 12.0. The minimum atomic E-state index is -0.0123. The van der Waals surface area contributed by atoms with E-state index in [1.165, 1.54) is 19.3 Å². The van der Waals surface area contributed by atoms with Crippen molar-refractivity contribution in [3.05, 3.63) is 22.5 Å². The van der Waals surface area contributed by atoms with Crippen molar-refractivity contribution >= 4 is 11.5 Å². The van der Waals surface area contributed by atoms with Crippen LogP contribution in [-0.2, 0) is 4.74 Å². The third-order valence-electron chi connectivity index (χ3n) is 4.21. The van der Waals surface area contributed by atoms with E-state index in [2.05, 4.69) is 27.8 Å². The predicted octanol–water partition coefficient (Wildman–Crippen LogP) is 1.59. The van der Waals surface area contributed by atoms with Crippen LogP contribution in [0.2, 0.25) is 0 Å². The van der Waals surface area contributed by atoms with Crippen LogP contribution in [0.4, 0.5) is 11.5 Å². The third-order valence-corrected chi connectivity index (χ3v) is 4.21. The smallest absolute Gasteiger partial charge is 0.251 e. The van der Waals surface area contributed by atoms with Crippen molar-refractivity contribution in [2.75, 3.05) is 42.6 Å². The van der Waals surface area contributed by atoms with Gasteiger partial charge in [-0.25, -0.2) is 0 Å². The fourth-order valence-corrected chi connectivity index (χ4v) is 3.10. The molecule has 20 heavy (non-hydrogen) atoms. The van der Waals surface area contributed by atoms with E-state index in [9.17, 15) is 4.79 Å². The number of rotatable bonds is 2. The number of pyridine rings is 1. The van der Waals surface area contributed by atoms with Crippen molar-refractivity contribution in [2.24, 2.45) is 0 Å². The lowest BCUT2D eigenvalue weighted by atomic mass is 10.1. The summed E-state index contributed by atoms with van der Waals surface area (Å²) in [6, 6.07) is 4.14. The largest absolute Gasteiger partial charge is 0.377 e. The van der Waals surface area contributed by atoms with Crippen LogP contribution in [0.1, 0.15) is 26.2 Å². The fourth-order valence-electron chi connectivity index (χ4n) is 3.10. The Labute approximate surface area is 119 Å². The molecule has 110 valence electrons. The van der Waals surface area contributed by atoms with Gasteiger partial charge in [-0.15, -0.1) is 0 Å². The number of nitrogens with zero attached hydrogens (tertiary/aromatic N) is 2. The zero-order valence-electron chi connectivity index (χ0n) is 12.1. The van der Waals surface area contributed by atoms with Gasteiger partial charge in [0.15, 0.2) is 0 Å². The Morgan fingerprint density at radius 2 is 2.00 bits per heavy atom. The van der Waals surface area contributed by atoms with Crippen molar-refractivity contribution in [3.63, 3.8) is 0 Å². The molecule has 1 aromatic heterocycles. The number of hydrogen-bond donors (Lipinski definition) is 1. The van der Waals surface area contributed by atoms with Gasteiger partial charge in [-0.2, -0.15) is 0 Å². The molecule has 2 aliphatic heterocycles. The Kier molecular flexibility index (Phi) is 3.96. The molecule has 2 aliphatic rings. The number of anilines is 2. The molecule has 0 bridgehead atoms. The number of nitrogens with one attached hydrogen (secondary N) is 1. The van der Waals surface area contributed by atoms with Crippen molar-refractivity contribution in [3.8, 4) is 0 Å². The first-order chi connectivity index (χ1) is 9.74. The molecule has 1 N–H and O–H groups in total. The van der Waals surface area contributed by atoms with Gasteiger partial charge < -0.3 is 19.5 Å². The number of morpholine rings is 1. The monoisotopic (exact) mass is 277 g/mol. The van der Waals surface area contributed by atoms with Crippen LogP contribution in [0, 0.1) is 0 Å². The second-order valence-corrected chi connectivity index (χ2v) is 5.75. The Hall–Kier alpha value is -1.49. The van der Waals surface area contributed by atoms with Gasteiger partial charge in [0, 0.05) is 43.5 Å². The van der Waals surface area contributed by atoms with Gasteiger partial charge in [-0.1, -0.05) is 0 Å². The van der Waals surface area contributed by atoms with Crippen molar-refractivity contribution in [1.82, 2.24) is 4.98 Å². The van der Waals surface area contributed by atoms with Gasteiger partial charge in [0.2, 0.25) is 0 Å². The van der Waals surface area contributed by atoms with Crippen LogP contribution in [0.3, 0.4) is 0 Å². The summed E-state index contributed by atoms with van der Waals surface area (Å²) in [5, 5.41) is 0. The quantitative estimate of drug-likeness (QED) is 0.892. The molecule has 5 heteroatoms. The molecular formula is C15H23N3O2. The summed E-state index contributed by atoms with van der Waals surface area (Å²) in [7, 11) is 0. The lowest BCUT2D eigenvalue weighted by molar-refractivity contribution is 0.0989. The van der Waals surface area contributed by atoms with E-state index in [1.54, 1.807) is 6.07 Å². The van der Waals surface area contributed by atoms with Crippen LogP contribution in [0.25, 0.3) is 0 Å². The molecule has 3 rings (SSSR count). The van der Waals surface area contributed by atoms with Gasteiger partial charge in [-0.3, -0.25) is 4.79 Å². The number of piperidine rings is 1. The predicted molar refractivity (Wildman–Crippen MR) is 80.8 cm³/mol. The number of hydrogen-bond acceptors (Lipinski definition) is 4. The van der Waals surface area contributed by atoms with Crippen LogP contribution in [-0.4, -0.2) is 43.9 Å². The summed E-state index contributed by atoms with van der Waals surface area (Å²) in [5.41, 5.74) is 1.01. The van der Waals surface area contributed by atoms with Crippen LogP contribution in [0.5, 0.6) is 0 Å². The maximum atomic E-state index is 12.0. The standard InChI is InChI=1S/C15H23N3O2/c1-12-11-20-8-7-18(12)13-9-14(16-15(19)10-13)17-5-3-2-4-6-17/h9-10,12H,2-8,11H2,1H3,(H,16,19). The molecule has 1 atom stereocenters. The summed E-state index contributed by atoms with van der Waals surface area (Å²) < 4.78 is 5.47. The van der Waals surface area contributed by atoms with Gasteiger partial charge in [0.25, 0.3) is 5.56 Å². The van der Waals surface area contributed by atoms with E-state index >= 15 is 0 Å². The Morgan fingerprint density at radius 1 is 1.20 bits per heavy atom. The van der Waals surface area contributed by atoms with Crippen LogP contribution in [0.15, 0.2) is 16.9 Å². The molecular weight excluding hydrogens is 254 g/mol. The summed E-state index contributed by atoms with van der Waals surface area (Å²) in [6.07, 6.45) is 3.71. The summed E-state index contributed by atoms with van der Waals surface area (Å²) in [4.78, 5) is 19.5. The second kappa shape index (κ2) is 5.87. The van der Waals surface area contributed by atoms with Crippen molar-refractivity contribution < 1.29 is 4.74 Å². The summed E-state index contributed by atoms with van der Waals surface area (Å²) in [6.45, 7) is 6.53. The highest BCUT2D eigenvalue weighted by molar-refractivity contribution is 5.56. The molecule has 3 heterocycles. The average molecular weight is 277 g/mol. The first-order valence-corrected chi connectivity index (χ1v) is 7.58. The number of H-pyrrole nitrogens is 1. The molecule has 1 unspecified atom stereocenters. The number of aromatic nitrogens is 1. The second-order valence-electron chi connectivity index (χ2n) is 5.75. The molecule has 5 nitrogen and oxygen atoms in total. The zero-order chi connectivity index (χ0) is 13.9. The lowest BCUT2D eigenvalue weighted by Crippen LogP contribution is -2.44. The highest BCUT2D eigenvalue weighted by Crippen LogP contribution is 2.23. The van der Waals surface area contributed by atoms with E-state index < -0.39 is 0 Å². The van der Waals surface area contributed by atoms with Gasteiger partial charge in [-0.05, 0) is 26.2 Å². The Bertz CT molecular complexity index is 508. The average Bonchev–Trinajstić information content (AvgIpc) is 2.48. The Balaban J connectivity index is 1.87. The molecule has 0 saturated carbocycles. The molecule has 2 fully saturated rings. The molecule has 0 aromatic carbocycles. The van der Waals surface area contributed by atoms with E-state index in [-0.39, 0.29) is 5.56 Å². The minimum absolute atomic E-state index is 0.0123. The van der Waals surface area contributed by atoms with Crippen molar-refractivity contribution in [2.45, 2.75) is 32.2 Å². The lowest BCUT2D eigenvalue weighted by Gasteiger charge is -2.36. The molecule has 0 spiro atoms. The van der Waals surface area contributed by atoms with E-state index in [4.69, 9.17) is 4.74 Å². The van der Waals surface area contributed by atoms with E-state index in [0.29, 0.717) is 6.04 Å². The molecule has 0 radical (unpaired) electrons. The number of aromatic amines is 1. The third kappa shape index (κ3) is 2.82. The van der Waals surface area contributed by atoms with Crippen molar-refractivity contribution in [1.29, 1.82) is 0 Å². The minimum Gasteiger partial charge on any atom is -0.377 e. The molecule has 2 saturated heterocycles.